The number of aliphatic hydroxyl groups is 1. The van der Waals surface area contributed by atoms with Gasteiger partial charge in [-0.25, -0.2) is 18.3 Å². The number of aromatic nitrogens is 2. The van der Waals surface area contributed by atoms with Crippen LogP contribution in [0.3, 0.4) is 0 Å². The molecule has 12 heteroatoms. The molecule has 2 amide bonds. The molecule has 1 aromatic heterocycles. The first-order valence-corrected chi connectivity index (χ1v) is 12.5. The lowest BCUT2D eigenvalue weighted by Crippen LogP contribution is -2.42. The van der Waals surface area contributed by atoms with E-state index >= 15 is 0 Å². The normalized spacial score (nSPS) is 18.4. The lowest BCUT2D eigenvalue weighted by atomic mass is 9.94. The van der Waals surface area contributed by atoms with Crippen LogP contribution in [0.4, 0.5) is 19.4 Å². The van der Waals surface area contributed by atoms with Crippen LogP contribution in [0, 0.1) is 11.6 Å². The van der Waals surface area contributed by atoms with Gasteiger partial charge in [-0.3, -0.25) is 10.2 Å². The highest BCUT2D eigenvalue weighted by Crippen LogP contribution is 2.34. The van der Waals surface area contributed by atoms with Crippen LogP contribution in [0.5, 0.6) is 5.88 Å². The number of likely N-dealkylation sites (tertiary alicyclic amines) is 1. The Balaban J connectivity index is 1.56. The largest absolute Gasteiger partial charge is 0.473 e. The predicted octanol–water partition coefficient (Wildman–Crippen LogP) is 3.80. The maximum atomic E-state index is 14.0. The Labute approximate surface area is 224 Å². The molecular weight excluding hydrogens is 520 g/mol. The summed E-state index contributed by atoms with van der Waals surface area (Å²) >= 11 is 6.53. The number of aliphatic hydroxyl groups excluding tert-OH is 1. The molecule has 1 aliphatic rings. The van der Waals surface area contributed by atoms with Crippen LogP contribution < -0.4 is 15.4 Å². The van der Waals surface area contributed by atoms with E-state index in [1.165, 1.54) is 16.8 Å². The van der Waals surface area contributed by atoms with Gasteiger partial charge in [-0.2, -0.15) is 0 Å². The quantitative estimate of drug-likeness (QED) is 0.356. The van der Waals surface area contributed by atoms with Crippen molar-refractivity contribution >= 4 is 23.4 Å². The summed E-state index contributed by atoms with van der Waals surface area (Å²) in [5, 5.41) is 19.7. The molecular formula is C26H30ClF2N5O4. The number of ether oxygens (including phenoxy) is 2. The number of nitrogens with zero attached hydrogens (tertiary/aromatic N) is 3. The molecule has 4 rings (SSSR count). The summed E-state index contributed by atoms with van der Waals surface area (Å²) < 4.78 is 39.7. The number of anilines is 1. The summed E-state index contributed by atoms with van der Waals surface area (Å²) in [6.45, 7) is 3.65. The topological polar surface area (TPSA) is 101 Å². The Bertz CT molecular complexity index is 1240. The SMILES string of the molecule is COCCN1C[C@@H](NC(=O)Nc2c(Cl)c(OC[C@@H](C)O)nn2-c2ccccc2)[C@H](c2ccc(F)c(F)c2)C1. The van der Waals surface area contributed by atoms with Gasteiger partial charge >= 0.3 is 6.03 Å². The number of urea groups is 1. The number of methoxy groups -OCH3 is 1. The van der Waals surface area contributed by atoms with Crippen LogP contribution in [-0.2, 0) is 4.74 Å². The number of amides is 2. The third-order valence-electron chi connectivity index (χ3n) is 6.19. The molecule has 3 atom stereocenters. The molecule has 2 aromatic carbocycles. The number of hydrogen-bond acceptors (Lipinski definition) is 6. The van der Waals surface area contributed by atoms with Crippen molar-refractivity contribution in [1.82, 2.24) is 20.0 Å². The van der Waals surface area contributed by atoms with Gasteiger partial charge in [0.2, 0.25) is 0 Å². The molecule has 0 unspecified atom stereocenters. The zero-order valence-electron chi connectivity index (χ0n) is 21.0. The Morgan fingerprint density at radius 2 is 1.97 bits per heavy atom. The van der Waals surface area contributed by atoms with E-state index in [1.807, 2.05) is 18.2 Å². The Hall–Kier alpha value is -3.25. The molecule has 9 nitrogen and oxygen atoms in total. The molecule has 3 N–H and O–H groups in total. The van der Waals surface area contributed by atoms with Crippen LogP contribution >= 0.6 is 11.6 Å². The van der Waals surface area contributed by atoms with E-state index in [-0.39, 0.29) is 29.2 Å². The van der Waals surface area contributed by atoms with Gasteiger partial charge in [-0.05, 0) is 36.8 Å². The van der Waals surface area contributed by atoms with Crippen molar-refractivity contribution in [3.8, 4) is 11.6 Å². The molecule has 204 valence electrons. The van der Waals surface area contributed by atoms with Crippen LogP contribution in [-0.4, -0.2) is 77.9 Å². The highest BCUT2D eigenvalue weighted by molar-refractivity contribution is 6.34. The molecule has 3 aromatic rings. The zero-order chi connectivity index (χ0) is 27.2. The molecule has 0 spiro atoms. The van der Waals surface area contributed by atoms with E-state index in [0.717, 1.165) is 6.07 Å². The summed E-state index contributed by atoms with van der Waals surface area (Å²) in [5.41, 5.74) is 1.21. The number of halogens is 3. The van der Waals surface area contributed by atoms with Gasteiger partial charge in [0.15, 0.2) is 17.5 Å². The third kappa shape index (κ3) is 6.60. The van der Waals surface area contributed by atoms with Crippen LogP contribution in [0.2, 0.25) is 5.02 Å². The number of rotatable bonds is 10. The molecule has 2 heterocycles. The van der Waals surface area contributed by atoms with Gasteiger partial charge in [0.1, 0.15) is 11.6 Å². The molecule has 1 aliphatic heterocycles. The van der Waals surface area contributed by atoms with Crippen molar-refractivity contribution in [1.29, 1.82) is 0 Å². The number of carbonyl (C=O) groups is 1. The molecule has 38 heavy (non-hydrogen) atoms. The summed E-state index contributed by atoms with van der Waals surface area (Å²) in [5.74, 6) is -1.92. The lowest BCUT2D eigenvalue weighted by Gasteiger charge is -2.21. The monoisotopic (exact) mass is 549 g/mol. The maximum Gasteiger partial charge on any atom is 0.320 e. The van der Waals surface area contributed by atoms with Gasteiger partial charge in [0, 0.05) is 32.7 Å². The first kappa shape index (κ1) is 27.8. The highest BCUT2D eigenvalue weighted by atomic mass is 35.5. The second kappa shape index (κ2) is 12.5. The summed E-state index contributed by atoms with van der Waals surface area (Å²) in [7, 11) is 1.60. The fraction of sp³-hybridized carbons (Fsp3) is 0.385. The summed E-state index contributed by atoms with van der Waals surface area (Å²) in [6.07, 6.45) is -0.746. The second-order valence-corrected chi connectivity index (χ2v) is 9.49. The third-order valence-corrected chi connectivity index (χ3v) is 6.53. The van der Waals surface area contributed by atoms with Crippen molar-refractivity contribution in [2.75, 3.05) is 45.3 Å². The molecule has 0 radical (unpaired) electrons. The van der Waals surface area contributed by atoms with E-state index < -0.39 is 29.8 Å². The van der Waals surface area contributed by atoms with Gasteiger partial charge in [0.05, 0.1) is 24.4 Å². The lowest BCUT2D eigenvalue weighted by molar-refractivity contribution is 0.119. The van der Waals surface area contributed by atoms with Gasteiger partial charge in [-0.1, -0.05) is 35.9 Å². The van der Waals surface area contributed by atoms with Crippen LogP contribution in [0.1, 0.15) is 18.4 Å². The van der Waals surface area contributed by atoms with E-state index in [9.17, 15) is 18.7 Å². The minimum absolute atomic E-state index is 0.0353. The van der Waals surface area contributed by atoms with Gasteiger partial charge in [-0.15, -0.1) is 5.10 Å². The van der Waals surface area contributed by atoms with Gasteiger partial charge < -0.3 is 19.9 Å². The van der Waals surface area contributed by atoms with E-state index in [4.69, 9.17) is 21.1 Å². The fourth-order valence-corrected chi connectivity index (χ4v) is 4.58. The number of nitrogens with one attached hydrogen (secondary N) is 2. The summed E-state index contributed by atoms with van der Waals surface area (Å²) in [6, 6.07) is 11.9. The van der Waals surface area contributed by atoms with Crippen LogP contribution in [0.25, 0.3) is 5.69 Å². The minimum atomic E-state index is -0.940. The first-order chi connectivity index (χ1) is 18.3. The molecule has 1 fully saturated rings. The zero-order valence-corrected chi connectivity index (χ0v) is 21.8. The molecule has 0 saturated carbocycles. The van der Waals surface area contributed by atoms with Crippen molar-refractivity contribution in [3.05, 3.63) is 70.8 Å². The number of benzene rings is 2. The number of carbonyl (C=O) groups excluding carboxylic acids is 1. The van der Waals surface area contributed by atoms with E-state index in [2.05, 4.69) is 20.6 Å². The Kier molecular flexibility index (Phi) is 9.16. The maximum absolute atomic E-state index is 14.0. The molecule has 0 bridgehead atoms. The van der Waals surface area contributed by atoms with E-state index in [1.54, 1.807) is 26.2 Å². The van der Waals surface area contributed by atoms with Crippen molar-refractivity contribution in [3.63, 3.8) is 0 Å². The Morgan fingerprint density at radius 1 is 1.21 bits per heavy atom. The first-order valence-electron chi connectivity index (χ1n) is 12.1. The average molecular weight is 550 g/mol. The van der Waals surface area contributed by atoms with Crippen molar-refractivity contribution < 1.29 is 28.2 Å². The van der Waals surface area contributed by atoms with E-state index in [0.29, 0.717) is 37.5 Å². The fourth-order valence-electron chi connectivity index (χ4n) is 4.36. The molecule has 0 aliphatic carbocycles. The smallest absolute Gasteiger partial charge is 0.320 e. The summed E-state index contributed by atoms with van der Waals surface area (Å²) in [4.78, 5) is 15.3. The van der Waals surface area contributed by atoms with Crippen molar-refractivity contribution in [2.45, 2.75) is 25.0 Å². The Morgan fingerprint density at radius 3 is 2.66 bits per heavy atom. The van der Waals surface area contributed by atoms with Crippen LogP contribution in [0.15, 0.2) is 48.5 Å². The average Bonchev–Trinajstić information content (AvgIpc) is 3.44. The second-order valence-electron chi connectivity index (χ2n) is 9.11. The molecule has 1 saturated heterocycles. The van der Waals surface area contributed by atoms with Gasteiger partial charge in [0.25, 0.3) is 5.88 Å². The number of hydrogen-bond donors (Lipinski definition) is 3. The standard InChI is InChI=1S/C26H30ClF2N5O4/c1-16(35)15-38-25-23(27)24(34(32-25)18-6-4-3-5-7-18)31-26(36)30-22-14-33(10-11-37-2)13-19(22)17-8-9-20(28)21(29)12-17/h3-9,12,16,19,22,35H,10-11,13-15H2,1-2H3,(H2,30,31,36)/t16-,19+,22-/m1/s1. The predicted molar refractivity (Wildman–Crippen MR) is 139 cm³/mol. The minimum Gasteiger partial charge on any atom is -0.473 e. The van der Waals surface area contributed by atoms with Crippen molar-refractivity contribution in [2.24, 2.45) is 0 Å². The number of para-hydroxylation sites is 1. The highest BCUT2D eigenvalue weighted by Gasteiger charge is 2.35.